The first kappa shape index (κ1) is 14.9. The number of carbonyl (C=O) groups excluding carboxylic acids is 3. The fraction of sp³-hybridized carbons (Fsp3) is 0.286. The molecule has 2 aromatic rings. The number of imide groups is 1. The minimum atomic E-state index is -0.526. The molecule has 22 heavy (non-hydrogen) atoms. The second-order valence-corrected chi connectivity index (χ2v) is 6.33. The average Bonchev–Trinajstić information content (AvgIpc) is 2.94. The number of nitrogens with zero attached hydrogens (tertiary/aromatic N) is 3. The maximum Gasteiger partial charge on any atom is 0.268 e. The summed E-state index contributed by atoms with van der Waals surface area (Å²) in [6.45, 7) is -0.306. The third-order valence-electron chi connectivity index (χ3n) is 3.44. The second kappa shape index (κ2) is 5.66. The number of aryl methyl sites for hydroxylation is 1. The molecule has 2 heterocycles. The van der Waals surface area contributed by atoms with Gasteiger partial charge in [0.1, 0.15) is 6.54 Å². The summed E-state index contributed by atoms with van der Waals surface area (Å²) in [5.74, 6) is -1.17. The van der Waals surface area contributed by atoms with Crippen LogP contribution in [0.2, 0.25) is 5.02 Å². The van der Waals surface area contributed by atoms with Crippen LogP contribution in [-0.2, 0) is 21.4 Å². The van der Waals surface area contributed by atoms with Crippen LogP contribution in [0.15, 0.2) is 23.2 Å². The van der Waals surface area contributed by atoms with Gasteiger partial charge in [0.25, 0.3) is 5.91 Å². The first-order chi connectivity index (χ1) is 10.5. The number of halogens is 1. The van der Waals surface area contributed by atoms with Gasteiger partial charge in [-0.3, -0.25) is 19.3 Å². The number of aromatic nitrogens is 1. The van der Waals surface area contributed by atoms with Gasteiger partial charge in [-0.15, -0.1) is 0 Å². The molecule has 3 amide bonds. The summed E-state index contributed by atoms with van der Waals surface area (Å²) in [4.78, 5) is 40.5. The van der Waals surface area contributed by atoms with E-state index in [9.17, 15) is 14.4 Å². The van der Waals surface area contributed by atoms with Crippen molar-refractivity contribution >= 4 is 50.9 Å². The molecule has 1 aliphatic rings. The zero-order chi connectivity index (χ0) is 15.9. The Bertz CT molecular complexity index is 852. The van der Waals surface area contributed by atoms with Crippen molar-refractivity contribution in [1.82, 2.24) is 9.47 Å². The molecule has 0 N–H and O–H groups in total. The predicted octanol–water partition coefficient (Wildman–Crippen LogP) is 1.47. The molecular weight excluding hydrogens is 326 g/mol. The highest BCUT2D eigenvalue weighted by Gasteiger charge is 2.30. The minimum absolute atomic E-state index is 0.165. The van der Waals surface area contributed by atoms with Crippen molar-refractivity contribution in [3.05, 3.63) is 28.0 Å². The molecule has 0 unspecified atom stereocenters. The van der Waals surface area contributed by atoms with Crippen LogP contribution in [0.5, 0.6) is 0 Å². The number of likely N-dealkylation sites (tertiary alicyclic amines) is 1. The Morgan fingerprint density at radius 2 is 2.00 bits per heavy atom. The maximum absolute atomic E-state index is 12.0. The van der Waals surface area contributed by atoms with Crippen molar-refractivity contribution in [3.63, 3.8) is 0 Å². The highest BCUT2D eigenvalue weighted by molar-refractivity contribution is 7.16. The third-order valence-corrected chi connectivity index (χ3v) is 4.84. The quantitative estimate of drug-likeness (QED) is 0.779. The summed E-state index contributed by atoms with van der Waals surface area (Å²) < 4.78 is 2.64. The van der Waals surface area contributed by atoms with Crippen molar-refractivity contribution in [1.29, 1.82) is 0 Å². The van der Waals surface area contributed by atoms with Crippen LogP contribution in [0.25, 0.3) is 10.2 Å². The Hall–Kier alpha value is -1.99. The summed E-state index contributed by atoms with van der Waals surface area (Å²) in [6.07, 6.45) is 0.330. The van der Waals surface area contributed by atoms with Gasteiger partial charge in [-0.2, -0.15) is 4.99 Å². The van der Waals surface area contributed by atoms with E-state index in [4.69, 9.17) is 11.6 Å². The topological polar surface area (TPSA) is 71.7 Å². The third kappa shape index (κ3) is 2.57. The Morgan fingerprint density at radius 1 is 1.32 bits per heavy atom. The number of hydrogen-bond donors (Lipinski definition) is 0. The summed E-state index contributed by atoms with van der Waals surface area (Å²) in [7, 11) is 1.77. The van der Waals surface area contributed by atoms with Crippen LogP contribution in [0.3, 0.4) is 0 Å². The number of fused-ring (bicyclic) bond motifs is 1. The summed E-state index contributed by atoms with van der Waals surface area (Å²) in [6, 6.07) is 5.49. The number of hydrogen-bond acceptors (Lipinski definition) is 4. The average molecular weight is 338 g/mol. The Morgan fingerprint density at radius 3 is 2.64 bits per heavy atom. The van der Waals surface area contributed by atoms with Crippen LogP contribution in [0.4, 0.5) is 0 Å². The van der Waals surface area contributed by atoms with E-state index in [1.54, 1.807) is 17.7 Å². The standard InChI is InChI=1S/C14H12ClN3O3S/c1-17-13-8(15)3-2-4-9(13)22-14(17)16-10(19)7-18-11(20)5-6-12(18)21/h2-4H,5-7H2,1H3. The molecule has 0 aliphatic carbocycles. The number of para-hydroxylation sites is 1. The molecular formula is C14H12ClN3O3S. The minimum Gasteiger partial charge on any atom is -0.318 e. The van der Waals surface area contributed by atoms with Gasteiger partial charge in [0.2, 0.25) is 11.8 Å². The lowest BCUT2D eigenvalue weighted by atomic mass is 10.3. The monoisotopic (exact) mass is 337 g/mol. The van der Waals surface area contributed by atoms with Crippen molar-refractivity contribution in [3.8, 4) is 0 Å². The molecule has 0 bridgehead atoms. The highest BCUT2D eigenvalue weighted by atomic mass is 35.5. The van der Waals surface area contributed by atoms with E-state index in [1.807, 2.05) is 12.1 Å². The number of carbonyl (C=O) groups is 3. The molecule has 1 aromatic carbocycles. The molecule has 0 atom stereocenters. The molecule has 0 spiro atoms. The first-order valence-electron chi connectivity index (χ1n) is 6.62. The van der Waals surface area contributed by atoms with Crippen LogP contribution >= 0.6 is 22.9 Å². The lowest BCUT2D eigenvalue weighted by Gasteiger charge is -2.09. The number of thiazole rings is 1. The van der Waals surface area contributed by atoms with E-state index in [1.165, 1.54) is 11.3 Å². The fourth-order valence-corrected chi connectivity index (χ4v) is 3.76. The largest absolute Gasteiger partial charge is 0.318 e. The number of rotatable bonds is 2. The predicted molar refractivity (Wildman–Crippen MR) is 82.3 cm³/mol. The van der Waals surface area contributed by atoms with Gasteiger partial charge in [-0.05, 0) is 12.1 Å². The smallest absolute Gasteiger partial charge is 0.268 e. The van der Waals surface area contributed by atoms with E-state index >= 15 is 0 Å². The summed E-state index contributed by atoms with van der Waals surface area (Å²) >= 11 is 7.48. The summed E-state index contributed by atoms with van der Waals surface area (Å²) in [5.41, 5.74) is 0.800. The molecule has 0 radical (unpaired) electrons. The van der Waals surface area contributed by atoms with Gasteiger partial charge < -0.3 is 4.57 Å². The van der Waals surface area contributed by atoms with Crippen molar-refractivity contribution in [2.24, 2.45) is 12.0 Å². The zero-order valence-corrected chi connectivity index (χ0v) is 13.3. The van der Waals surface area contributed by atoms with Crippen LogP contribution in [0.1, 0.15) is 12.8 Å². The van der Waals surface area contributed by atoms with Crippen molar-refractivity contribution in [2.75, 3.05) is 6.54 Å². The van der Waals surface area contributed by atoms with Gasteiger partial charge in [0.15, 0.2) is 4.80 Å². The van der Waals surface area contributed by atoms with Gasteiger partial charge in [0.05, 0.1) is 15.2 Å². The van der Waals surface area contributed by atoms with Crippen LogP contribution < -0.4 is 4.80 Å². The molecule has 3 rings (SSSR count). The zero-order valence-electron chi connectivity index (χ0n) is 11.7. The lowest BCUT2D eigenvalue weighted by molar-refractivity contribution is -0.141. The first-order valence-corrected chi connectivity index (χ1v) is 7.81. The van der Waals surface area contributed by atoms with E-state index in [-0.39, 0.29) is 31.2 Å². The molecule has 1 aliphatic heterocycles. The molecule has 6 nitrogen and oxygen atoms in total. The number of amides is 3. The molecule has 8 heteroatoms. The molecule has 0 saturated carbocycles. The second-order valence-electron chi connectivity index (χ2n) is 4.91. The van der Waals surface area contributed by atoms with E-state index in [2.05, 4.69) is 4.99 Å². The van der Waals surface area contributed by atoms with Gasteiger partial charge in [-0.1, -0.05) is 29.0 Å². The van der Waals surface area contributed by atoms with E-state index in [0.29, 0.717) is 9.82 Å². The molecule has 1 saturated heterocycles. The normalized spacial score (nSPS) is 16.1. The van der Waals surface area contributed by atoms with Crippen molar-refractivity contribution < 1.29 is 14.4 Å². The van der Waals surface area contributed by atoms with E-state index in [0.717, 1.165) is 15.1 Å². The molecule has 1 aromatic heterocycles. The van der Waals surface area contributed by atoms with E-state index < -0.39 is 5.91 Å². The summed E-state index contributed by atoms with van der Waals surface area (Å²) in [5, 5.41) is 0.579. The Balaban J connectivity index is 1.93. The van der Waals surface area contributed by atoms with Crippen molar-refractivity contribution in [2.45, 2.75) is 12.8 Å². The maximum atomic E-state index is 12.0. The lowest BCUT2D eigenvalue weighted by Crippen LogP contribution is -2.34. The van der Waals surface area contributed by atoms with Gasteiger partial charge >= 0.3 is 0 Å². The fourth-order valence-electron chi connectivity index (χ4n) is 2.34. The van der Waals surface area contributed by atoms with Gasteiger partial charge in [0, 0.05) is 19.9 Å². The van der Waals surface area contributed by atoms with Gasteiger partial charge in [-0.25, -0.2) is 0 Å². The Kier molecular flexibility index (Phi) is 3.84. The highest BCUT2D eigenvalue weighted by Crippen LogP contribution is 2.24. The number of benzene rings is 1. The van der Waals surface area contributed by atoms with Crippen LogP contribution in [0, 0.1) is 0 Å². The molecule has 114 valence electrons. The molecule has 1 fully saturated rings. The Labute approximate surface area is 134 Å². The SMILES string of the molecule is Cn1c(=NC(=O)CN2C(=O)CCC2=O)sc2cccc(Cl)c21. The van der Waals surface area contributed by atoms with Crippen LogP contribution in [-0.4, -0.2) is 33.7 Å².